The normalized spacial score (nSPS) is 19.4. The van der Waals surface area contributed by atoms with E-state index < -0.39 is 0 Å². The van der Waals surface area contributed by atoms with E-state index >= 15 is 0 Å². The van der Waals surface area contributed by atoms with E-state index in [2.05, 4.69) is 66.0 Å². The lowest BCUT2D eigenvalue weighted by Crippen LogP contribution is -2.28. The molecule has 4 aromatic carbocycles. The zero-order valence-electron chi connectivity index (χ0n) is 21.9. The number of para-hydroxylation sites is 1. The molecule has 6 rings (SSSR count). The molecule has 1 N–H and O–H groups in total. The molecule has 0 amide bonds. The molecule has 2 aliphatic rings. The highest BCUT2D eigenvalue weighted by molar-refractivity contribution is 5.83. The summed E-state index contributed by atoms with van der Waals surface area (Å²) in [4.78, 5) is 4.71. The van der Waals surface area contributed by atoms with Crippen molar-refractivity contribution in [2.24, 2.45) is 10.9 Å². The van der Waals surface area contributed by atoms with Gasteiger partial charge in [-0.15, -0.1) is 0 Å². The molecular weight excluding hydrogens is 487 g/mol. The Hall–Kier alpha value is -4.38. The fourth-order valence-corrected chi connectivity index (χ4v) is 5.52. The molecule has 0 fully saturated rings. The van der Waals surface area contributed by atoms with Crippen LogP contribution in [-0.4, -0.2) is 12.8 Å². The third-order valence-corrected chi connectivity index (χ3v) is 7.46. The van der Waals surface area contributed by atoms with E-state index in [-0.39, 0.29) is 11.9 Å². The average molecular weight is 519 g/mol. The quantitative estimate of drug-likeness (QED) is 0.188. The molecule has 196 valence electrons. The van der Waals surface area contributed by atoms with E-state index in [1.807, 2.05) is 31.3 Å². The fourth-order valence-electron chi connectivity index (χ4n) is 5.52. The van der Waals surface area contributed by atoms with Crippen LogP contribution in [0.4, 0.5) is 15.8 Å². The minimum atomic E-state index is -0.261. The van der Waals surface area contributed by atoms with Crippen LogP contribution in [0.15, 0.2) is 108 Å². The van der Waals surface area contributed by atoms with Gasteiger partial charge in [-0.2, -0.15) is 0 Å². The van der Waals surface area contributed by atoms with Crippen molar-refractivity contribution in [3.05, 3.63) is 131 Å². The van der Waals surface area contributed by atoms with E-state index in [1.165, 1.54) is 28.9 Å². The molecule has 0 radical (unpaired) electrons. The van der Waals surface area contributed by atoms with E-state index in [4.69, 9.17) is 14.5 Å². The fraction of sp³-hybridized carbons (Fsp3) is 0.206. The Balaban J connectivity index is 1.15. The summed E-state index contributed by atoms with van der Waals surface area (Å²) in [5.74, 6) is 2.02. The number of rotatable bonds is 8. The maximum atomic E-state index is 13.2. The highest BCUT2D eigenvalue weighted by Gasteiger charge is 2.37. The third kappa shape index (κ3) is 5.44. The van der Waals surface area contributed by atoms with Gasteiger partial charge in [0.2, 0.25) is 0 Å². The third-order valence-electron chi connectivity index (χ3n) is 7.46. The van der Waals surface area contributed by atoms with Crippen LogP contribution in [0, 0.1) is 11.7 Å². The first-order valence-electron chi connectivity index (χ1n) is 13.5. The van der Waals surface area contributed by atoms with Crippen LogP contribution >= 0.6 is 0 Å². The number of hydrogen-bond donors (Lipinski definition) is 1. The van der Waals surface area contributed by atoms with Gasteiger partial charge in [-0.1, -0.05) is 54.6 Å². The standard InChI is InChI=1S/C34H31FN2O2/c1-2-38-33-20-24(12-19-32(33)39-22-23-10-15-26(35)16-11-23)21-36-27-17-13-25(14-18-27)34-30-8-5-7-28(30)29-6-3-4-9-31(29)37-34/h3-7,9-21,28,30,34,37H,2,8,22H2,1H3/t28-,30-,34-/m0/s1. The van der Waals surface area contributed by atoms with Crippen molar-refractivity contribution < 1.29 is 13.9 Å². The molecule has 4 nitrogen and oxygen atoms in total. The summed E-state index contributed by atoms with van der Waals surface area (Å²) in [6.45, 7) is 2.79. The Labute approximate surface area is 228 Å². The molecule has 4 aromatic rings. The molecule has 0 spiro atoms. The Morgan fingerprint density at radius 2 is 1.74 bits per heavy atom. The molecule has 0 unspecified atom stereocenters. The first kappa shape index (κ1) is 24.9. The number of benzene rings is 4. The SMILES string of the molecule is CCOc1cc(C=Nc2ccc([C@@H]3Nc4ccccc4[C@@H]4C=CC[C@@H]43)cc2)ccc1OCc1ccc(F)cc1. The van der Waals surface area contributed by atoms with E-state index in [0.29, 0.717) is 36.5 Å². The van der Waals surface area contributed by atoms with Gasteiger partial charge in [0.05, 0.1) is 18.3 Å². The van der Waals surface area contributed by atoms with Crippen LogP contribution in [0.25, 0.3) is 0 Å². The second kappa shape index (κ2) is 11.2. The number of nitrogens with one attached hydrogen (secondary N) is 1. The molecule has 0 bridgehead atoms. The lowest BCUT2D eigenvalue weighted by molar-refractivity contribution is 0.269. The Bertz CT molecular complexity index is 1490. The average Bonchev–Trinajstić information content (AvgIpc) is 3.47. The van der Waals surface area contributed by atoms with Crippen molar-refractivity contribution in [1.82, 2.24) is 0 Å². The number of allylic oxidation sites excluding steroid dienone is 2. The second-order valence-corrected chi connectivity index (χ2v) is 9.97. The molecule has 1 aliphatic carbocycles. The minimum absolute atomic E-state index is 0.261. The summed E-state index contributed by atoms with van der Waals surface area (Å²) < 4.78 is 25.0. The predicted molar refractivity (Wildman–Crippen MR) is 155 cm³/mol. The summed E-state index contributed by atoms with van der Waals surface area (Å²) >= 11 is 0. The molecule has 0 saturated carbocycles. The molecule has 5 heteroatoms. The Morgan fingerprint density at radius 1 is 0.923 bits per heavy atom. The number of halogens is 1. The number of fused-ring (bicyclic) bond motifs is 3. The van der Waals surface area contributed by atoms with E-state index in [1.54, 1.807) is 12.1 Å². The first-order chi connectivity index (χ1) is 19.2. The summed E-state index contributed by atoms with van der Waals surface area (Å²) in [6.07, 6.45) is 7.61. The Morgan fingerprint density at radius 3 is 2.56 bits per heavy atom. The molecule has 0 aromatic heterocycles. The molecule has 1 aliphatic heterocycles. The van der Waals surface area contributed by atoms with Crippen molar-refractivity contribution in [2.75, 3.05) is 11.9 Å². The molecule has 1 heterocycles. The highest BCUT2D eigenvalue weighted by Crippen LogP contribution is 2.49. The maximum absolute atomic E-state index is 13.2. The van der Waals surface area contributed by atoms with Gasteiger partial charge in [0.1, 0.15) is 12.4 Å². The van der Waals surface area contributed by atoms with Crippen molar-refractivity contribution >= 4 is 17.6 Å². The predicted octanol–water partition coefficient (Wildman–Crippen LogP) is 8.38. The van der Waals surface area contributed by atoms with Gasteiger partial charge in [0, 0.05) is 17.8 Å². The maximum Gasteiger partial charge on any atom is 0.161 e. The van der Waals surface area contributed by atoms with Crippen LogP contribution in [0.1, 0.15) is 47.6 Å². The van der Waals surface area contributed by atoms with Gasteiger partial charge in [0.25, 0.3) is 0 Å². The van der Waals surface area contributed by atoms with Crippen LogP contribution in [0.3, 0.4) is 0 Å². The summed E-state index contributed by atoms with van der Waals surface area (Å²) in [7, 11) is 0. The number of hydrogen-bond acceptors (Lipinski definition) is 4. The van der Waals surface area contributed by atoms with Crippen molar-refractivity contribution in [3.8, 4) is 11.5 Å². The molecule has 0 saturated heterocycles. The lowest BCUT2D eigenvalue weighted by Gasteiger charge is -2.37. The molecule has 39 heavy (non-hydrogen) atoms. The van der Waals surface area contributed by atoms with Crippen LogP contribution in [-0.2, 0) is 6.61 Å². The van der Waals surface area contributed by atoms with Crippen LogP contribution in [0.5, 0.6) is 11.5 Å². The summed E-state index contributed by atoms with van der Waals surface area (Å²) in [6, 6.07) is 29.5. The van der Waals surface area contributed by atoms with Gasteiger partial charge in [0.15, 0.2) is 11.5 Å². The highest BCUT2D eigenvalue weighted by atomic mass is 19.1. The topological polar surface area (TPSA) is 42.8 Å². The molecular formula is C34H31FN2O2. The smallest absolute Gasteiger partial charge is 0.161 e. The van der Waals surface area contributed by atoms with E-state index in [9.17, 15) is 4.39 Å². The number of ether oxygens (including phenoxy) is 2. The van der Waals surface area contributed by atoms with Gasteiger partial charge < -0.3 is 14.8 Å². The largest absolute Gasteiger partial charge is 0.490 e. The van der Waals surface area contributed by atoms with Crippen molar-refractivity contribution in [1.29, 1.82) is 0 Å². The van der Waals surface area contributed by atoms with Crippen LogP contribution in [0.2, 0.25) is 0 Å². The minimum Gasteiger partial charge on any atom is -0.490 e. The monoisotopic (exact) mass is 518 g/mol. The number of nitrogens with zero attached hydrogens (tertiary/aromatic N) is 1. The van der Waals surface area contributed by atoms with Crippen molar-refractivity contribution in [3.63, 3.8) is 0 Å². The zero-order valence-corrected chi connectivity index (χ0v) is 21.9. The first-order valence-corrected chi connectivity index (χ1v) is 13.5. The van der Waals surface area contributed by atoms with Gasteiger partial charge in [-0.05, 0) is 90.0 Å². The van der Waals surface area contributed by atoms with Gasteiger partial charge >= 0.3 is 0 Å². The summed E-state index contributed by atoms with van der Waals surface area (Å²) in [5.41, 5.74) is 6.61. The van der Waals surface area contributed by atoms with Crippen molar-refractivity contribution in [2.45, 2.75) is 31.9 Å². The number of anilines is 1. The van der Waals surface area contributed by atoms with Gasteiger partial charge in [-0.25, -0.2) is 4.39 Å². The molecule has 3 atom stereocenters. The number of aliphatic imine (C=N–C) groups is 1. The second-order valence-electron chi connectivity index (χ2n) is 9.97. The van der Waals surface area contributed by atoms with E-state index in [0.717, 1.165) is 23.2 Å². The van der Waals surface area contributed by atoms with Crippen LogP contribution < -0.4 is 14.8 Å². The van der Waals surface area contributed by atoms with Gasteiger partial charge in [-0.3, -0.25) is 4.99 Å². The lowest BCUT2D eigenvalue weighted by atomic mass is 9.77. The zero-order chi connectivity index (χ0) is 26.6. The Kier molecular flexibility index (Phi) is 7.13. The summed E-state index contributed by atoms with van der Waals surface area (Å²) in [5, 5.41) is 3.79.